The molecule has 0 aliphatic rings. The van der Waals surface area contributed by atoms with E-state index in [0.717, 1.165) is 26.0 Å². The van der Waals surface area contributed by atoms with Crippen LogP contribution in [0.5, 0.6) is 17.2 Å². The first kappa shape index (κ1) is 35.4. The molecule has 0 amide bonds. The first-order valence-electron chi connectivity index (χ1n) is 16.7. The van der Waals surface area contributed by atoms with Gasteiger partial charge in [-0.05, 0) is 148 Å². The molecule has 0 radical (unpaired) electrons. The third-order valence-corrected chi connectivity index (χ3v) is 9.84. The van der Waals surface area contributed by atoms with E-state index in [1.165, 1.54) is 21.5 Å². The van der Waals surface area contributed by atoms with Crippen LogP contribution in [0.3, 0.4) is 0 Å². The van der Waals surface area contributed by atoms with Crippen LogP contribution in [-0.2, 0) is 27.0 Å². The van der Waals surface area contributed by atoms with Crippen molar-refractivity contribution in [3.63, 3.8) is 0 Å². The van der Waals surface area contributed by atoms with Gasteiger partial charge in [0.2, 0.25) is 0 Å². The van der Waals surface area contributed by atoms with Crippen molar-refractivity contribution in [3.05, 3.63) is 133 Å². The fourth-order valence-corrected chi connectivity index (χ4v) is 7.56. The zero-order valence-electron chi connectivity index (χ0n) is 29.6. The van der Waals surface area contributed by atoms with Gasteiger partial charge in [0.25, 0.3) is 0 Å². The van der Waals surface area contributed by atoms with E-state index in [0.29, 0.717) is 18.1 Å². The van der Waals surface area contributed by atoms with Crippen LogP contribution in [0.25, 0.3) is 21.5 Å². The highest BCUT2D eigenvalue weighted by Gasteiger charge is 2.30. The quantitative estimate of drug-likeness (QED) is 0.0676. The van der Waals surface area contributed by atoms with Crippen molar-refractivity contribution >= 4 is 44.8 Å². The Morgan fingerprint density at radius 3 is 1.39 bits per heavy atom. The van der Waals surface area contributed by atoms with Gasteiger partial charge in [0.15, 0.2) is 14.7 Å². The molecule has 51 heavy (non-hydrogen) atoms. The van der Waals surface area contributed by atoms with Gasteiger partial charge < -0.3 is 23.7 Å². The van der Waals surface area contributed by atoms with E-state index in [1.807, 2.05) is 36.4 Å². The minimum Gasteiger partial charge on any atom is -0.489 e. The van der Waals surface area contributed by atoms with Crippen molar-refractivity contribution in [2.24, 2.45) is 0 Å². The molecule has 0 spiro atoms. The number of ether oxygens (including phenoxy) is 5. The Morgan fingerprint density at radius 1 is 0.510 bits per heavy atom. The second-order valence-electron chi connectivity index (χ2n) is 13.9. The van der Waals surface area contributed by atoms with Crippen LogP contribution in [-0.4, -0.2) is 23.5 Å². The molecule has 8 heteroatoms. The van der Waals surface area contributed by atoms with Gasteiger partial charge in [0.1, 0.15) is 35.1 Å². The molecule has 6 aromatic carbocycles. The van der Waals surface area contributed by atoms with Crippen molar-refractivity contribution in [1.82, 2.24) is 0 Å². The summed E-state index contributed by atoms with van der Waals surface area (Å²) >= 11 is 0. The molecule has 0 unspecified atom stereocenters. The SMILES string of the molecule is CC(C)(C)OC(=O)Oc1ccc([S+](c2ccc(OCc3cc4ccccc4c4ccccc34)cc2)c2ccc(OC(=O)OC(C)(C)C)cc2)cc1. The molecule has 0 fully saturated rings. The summed E-state index contributed by atoms with van der Waals surface area (Å²) in [7, 11) is -0.570. The Morgan fingerprint density at radius 2 is 0.922 bits per heavy atom. The first-order valence-corrected chi connectivity index (χ1v) is 17.9. The maximum Gasteiger partial charge on any atom is 0.514 e. The molecule has 0 N–H and O–H groups in total. The Kier molecular flexibility index (Phi) is 10.3. The first-order chi connectivity index (χ1) is 24.3. The average Bonchev–Trinajstić information content (AvgIpc) is 3.08. The number of hydrogen-bond donors (Lipinski definition) is 0. The molecule has 0 bridgehead atoms. The fraction of sp³-hybridized carbons (Fsp3) is 0.209. The molecule has 6 aromatic rings. The zero-order valence-corrected chi connectivity index (χ0v) is 30.4. The number of benzene rings is 6. The van der Waals surface area contributed by atoms with Crippen molar-refractivity contribution < 1.29 is 33.3 Å². The maximum absolute atomic E-state index is 12.3. The molecule has 0 saturated carbocycles. The summed E-state index contributed by atoms with van der Waals surface area (Å²) < 4.78 is 27.8. The predicted molar refractivity (Wildman–Crippen MR) is 201 cm³/mol. The lowest BCUT2D eigenvalue weighted by atomic mass is 9.98. The number of carbonyl (C=O) groups excluding carboxylic acids is 2. The molecule has 260 valence electrons. The van der Waals surface area contributed by atoms with Gasteiger partial charge in [-0.1, -0.05) is 48.5 Å². The molecule has 0 aliphatic heterocycles. The van der Waals surface area contributed by atoms with E-state index >= 15 is 0 Å². The summed E-state index contributed by atoms with van der Waals surface area (Å²) in [6.07, 6.45) is -1.52. The summed E-state index contributed by atoms with van der Waals surface area (Å²) in [5.41, 5.74) is -0.209. The molecule has 0 aliphatic carbocycles. The lowest BCUT2D eigenvalue weighted by molar-refractivity contribution is 0.0193. The fourth-order valence-electron chi connectivity index (χ4n) is 5.51. The lowest BCUT2D eigenvalue weighted by Crippen LogP contribution is -2.26. The number of carbonyl (C=O) groups is 2. The topological polar surface area (TPSA) is 80.3 Å². The minimum absolute atomic E-state index is 0.377. The zero-order chi connectivity index (χ0) is 36.2. The Bertz CT molecular complexity index is 2070. The third-order valence-electron chi connectivity index (χ3n) is 7.61. The summed E-state index contributed by atoms with van der Waals surface area (Å²) in [5, 5.41) is 4.78. The second-order valence-corrected chi connectivity index (χ2v) is 16.0. The van der Waals surface area contributed by atoms with E-state index in [2.05, 4.69) is 66.7 Å². The van der Waals surface area contributed by atoms with Crippen molar-refractivity contribution in [1.29, 1.82) is 0 Å². The van der Waals surface area contributed by atoms with Crippen LogP contribution < -0.4 is 14.2 Å². The maximum atomic E-state index is 12.3. The number of fused-ring (bicyclic) bond motifs is 3. The van der Waals surface area contributed by atoms with Gasteiger partial charge in [0.05, 0.1) is 10.9 Å². The number of rotatable bonds is 8. The van der Waals surface area contributed by atoms with Gasteiger partial charge in [-0.2, -0.15) is 0 Å². The molecule has 0 saturated heterocycles. The number of hydrogen-bond acceptors (Lipinski definition) is 7. The van der Waals surface area contributed by atoms with Crippen LogP contribution >= 0.6 is 0 Å². The molecule has 7 nitrogen and oxygen atoms in total. The van der Waals surface area contributed by atoms with Crippen molar-refractivity contribution in [3.8, 4) is 17.2 Å². The molecular formula is C43H41O7S+. The monoisotopic (exact) mass is 701 g/mol. The van der Waals surface area contributed by atoms with Crippen LogP contribution in [0, 0.1) is 0 Å². The van der Waals surface area contributed by atoms with Gasteiger partial charge in [-0.3, -0.25) is 0 Å². The molecule has 6 rings (SSSR count). The van der Waals surface area contributed by atoms with Crippen LogP contribution in [0.2, 0.25) is 0 Å². The Hall–Kier alpha value is -5.47. The van der Waals surface area contributed by atoms with Gasteiger partial charge in [0, 0.05) is 0 Å². The highest BCUT2D eigenvalue weighted by atomic mass is 32.2. The van der Waals surface area contributed by atoms with E-state index in [1.54, 1.807) is 65.8 Å². The van der Waals surface area contributed by atoms with Crippen LogP contribution in [0.1, 0.15) is 47.1 Å². The van der Waals surface area contributed by atoms with Gasteiger partial charge in [-0.25, -0.2) is 9.59 Å². The summed E-state index contributed by atoms with van der Waals surface area (Å²) in [6, 6.07) is 41.9. The van der Waals surface area contributed by atoms with Crippen LogP contribution in [0.4, 0.5) is 9.59 Å². The molecule has 0 aromatic heterocycles. The largest absolute Gasteiger partial charge is 0.514 e. The summed E-state index contributed by atoms with van der Waals surface area (Å²) in [5.74, 6) is 1.51. The van der Waals surface area contributed by atoms with E-state index in [9.17, 15) is 9.59 Å². The van der Waals surface area contributed by atoms with Gasteiger partial charge in [-0.15, -0.1) is 0 Å². The lowest BCUT2D eigenvalue weighted by Gasteiger charge is -2.18. The summed E-state index contributed by atoms with van der Waals surface area (Å²) in [4.78, 5) is 27.6. The minimum atomic E-state index is -0.762. The van der Waals surface area contributed by atoms with E-state index < -0.39 is 34.4 Å². The Balaban J connectivity index is 1.25. The van der Waals surface area contributed by atoms with E-state index in [4.69, 9.17) is 23.7 Å². The molecule has 0 atom stereocenters. The molecule has 0 heterocycles. The third kappa shape index (κ3) is 9.21. The highest BCUT2D eigenvalue weighted by Crippen LogP contribution is 2.35. The summed E-state index contributed by atoms with van der Waals surface area (Å²) in [6.45, 7) is 11.1. The normalized spacial score (nSPS) is 11.7. The predicted octanol–water partition coefficient (Wildman–Crippen LogP) is 11.3. The average molecular weight is 702 g/mol. The van der Waals surface area contributed by atoms with Crippen LogP contribution in [0.15, 0.2) is 142 Å². The Labute approximate surface area is 301 Å². The van der Waals surface area contributed by atoms with Crippen molar-refractivity contribution in [2.45, 2.75) is 74.0 Å². The standard InChI is InChI=1S/C43H41O7S/c1-42(2,3)49-40(44)47-32-17-23-35(24-18-32)51(36-25-19-33(20-26-36)48-41(45)50-43(4,5)6)34-21-15-31(16-22-34)46-28-30-27-29-11-7-8-12-37(29)39-14-10-9-13-38(30)39/h7-27H,28H2,1-6H3/q+1. The highest BCUT2D eigenvalue weighted by molar-refractivity contribution is 7.97. The van der Waals surface area contributed by atoms with E-state index in [-0.39, 0.29) is 0 Å². The molecular weight excluding hydrogens is 661 g/mol. The van der Waals surface area contributed by atoms with Crippen molar-refractivity contribution in [2.75, 3.05) is 0 Å². The van der Waals surface area contributed by atoms with Gasteiger partial charge >= 0.3 is 12.3 Å². The smallest absolute Gasteiger partial charge is 0.489 e. The second kappa shape index (κ2) is 14.8.